The molecule has 5 rings (SSSR count). The van der Waals surface area contributed by atoms with Gasteiger partial charge < -0.3 is 0 Å². The molecule has 5 aromatic rings. The van der Waals surface area contributed by atoms with E-state index in [9.17, 15) is 0 Å². The van der Waals surface area contributed by atoms with Crippen molar-refractivity contribution in [2.75, 3.05) is 6.16 Å². The van der Waals surface area contributed by atoms with Gasteiger partial charge in [0.05, 0.1) is 0 Å². The summed E-state index contributed by atoms with van der Waals surface area (Å²) in [6, 6.07) is 40.5. The number of aryl methyl sites for hydroxylation is 1. The third-order valence-electron chi connectivity index (χ3n) is 8.71. The Bertz CT molecular complexity index is 1450. The number of hydrogen-bond donors (Lipinski definition) is 0. The second kappa shape index (κ2) is 11.7. The Labute approximate surface area is 245 Å². The fraction of sp³-hybridized carbons (Fsp3) is 0.286. The number of aromatic nitrogens is 1. The molecule has 208 valence electrons. The molecule has 0 bridgehead atoms. The third kappa shape index (κ3) is 5.87. The molecule has 0 N–H and O–H groups in total. The SMILES string of the molecule is Cc1nc2cc([C@H](CC[PH](c3ccccc3)(c3ccccc3)c3ccccc3)O[Si](C)(C)C(C)(C)C)ccc2s1. The van der Waals surface area contributed by atoms with Gasteiger partial charge in [0.25, 0.3) is 0 Å². The summed E-state index contributed by atoms with van der Waals surface area (Å²) in [5, 5.41) is 5.58. The van der Waals surface area contributed by atoms with Crippen molar-refractivity contribution >= 4 is 53.0 Å². The number of thiazole rings is 1. The van der Waals surface area contributed by atoms with Crippen LogP contribution in [0.15, 0.2) is 109 Å². The second-order valence-electron chi connectivity index (χ2n) is 12.4. The van der Waals surface area contributed by atoms with E-state index >= 15 is 0 Å². The number of benzene rings is 4. The van der Waals surface area contributed by atoms with Crippen LogP contribution >= 0.6 is 18.6 Å². The molecule has 0 amide bonds. The monoisotopic (exact) mass is 583 g/mol. The molecule has 4 aromatic carbocycles. The zero-order valence-electron chi connectivity index (χ0n) is 24.6. The van der Waals surface area contributed by atoms with E-state index in [1.54, 1.807) is 11.3 Å². The number of rotatable bonds is 9. The van der Waals surface area contributed by atoms with Crippen LogP contribution in [0, 0.1) is 6.92 Å². The summed E-state index contributed by atoms with van der Waals surface area (Å²) in [6.07, 6.45) is 2.01. The van der Waals surface area contributed by atoms with E-state index in [2.05, 4.69) is 150 Å². The first-order valence-electron chi connectivity index (χ1n) is 14.3. The fourth-order valence-electron chi connectivity index (χ4n) is 5.53. The molecule has 0 saturated carbocycles. The molecule has 1 atom stereocenters. The first-order chi connectivity index (χ1) is 19.1. The quantitative estimate of drug-likeness (QED) is 0.128. The van der Waals surface area contributed by atoms with Gasteiger partial charge >= 0.3 is 247 Å². The molecule has 5 heteroatoms. The van der Waals surface area contributed by atoms with Crippen molar-refractivity contribution in [2.45, 2.75) is 58.4 Å². The third-order valence-corrected chi connectivity index (χ3v) is 19.1. The predicted octanol–water partition coefficient (Wildman–Crippen LogP) is 8.78. The Hall–Kier alpha value is -2.62. The molecule has 0 aliphatic heterocycles. The average Bonchev–Trinajstić information content (AvgIpc) is 3.33. The van der Waals surface area contributed by atoms with Gasteiger partial charge in [-0.1, -0.05) is 0 Å². The minimum absolute atomic E-state index is 0.00955. The second-order valence-corrected chi connectivity index (χ2v) is 22.4. The van der Waals surface area contributed by atoms with Crippen LogP contribution in [0.25, 0.3) is 10.2 Å². The number of fused-ring (bicyclic) bond motifs is 1. The normalized spacial score (nSPS) is 13.8. The summed E-state index contributed by atoms with van der Waals surface area (Å²) in [7, 11) is -4.42. The van der Waals surface area contributed by atoms with Gasteiger partial charge in [0.1, 0.15) is 0 Å². The molecule has 0 aliphatic carbocycles. The predicted molar refractivity (Wildman–Crippen MR) is 181 cm³/mol. The molecular formula is C35H42NOPSSi. The van der Waals surface area contributed by atoms with Gasteiger partial charge in [-0.25, -0.2) is 0 Å². The zero-order chi connectivity index (χ0) is 28.4. The Morgan fingerprint density at radius 2 is 1.27 bits per heavy atom. The molecule has 2 nitrogen and oxygen atoms in total. The van der Waals surface area contributed by atoms with Gasteiger partial charge in [0, 0.05) is 0 Å². The van der Waals surface area contributed by atoms with E-state index < -0.39 is 15.6 Å². The Morgan fingerprint density at radius 1 is 0.775 bits per heavy atom. The first kappa shape index (κ1) is 28.9. The van der Waals surface area contributed by atoms with Crippen LogP contribution in [0.1, 0.15) is 43.9 Å². The van der Waals surface area contributed by atoms with Crippen molar-refractivity contribution in [3.8, 4) is 0 Å². The van der Waals surface area contributed by atoms with E-state index in [0.717, 1.165) is 23.1 Å². The van der Waals surface area contributed by atoms with Crippen LogP contribution in [-0.4, -0.2) is 19.5 Å². The van der Waals surface area contributed by atoms with E-state index in [1.807, 2.05) is 0 Å². The van der Waals surface area contributed by atoms with E-state index in [-0.39, 0.29) is 11.1 Å². The molecule has 0 fully saturated rings. The average molecular weight is 584 g/mol. The van der Waals surface area contributed by atoms with Gasteiger partial charge in [-0.3, -0.25) is 0 Å². The Balaban J connectivity index is 1.63. The Morgan fingerprint density at radius 3 is 1.75 bits per heavy atom. The molecule has 40 heavy (non-hydrogen) atoms. The van der Waals surface area contributed by atoms with Crippen LogP contribution in [-0.2, 0) is 4.43 Å². The van der Waals surface area contributed by atoms with Crippen LogP contribution < -0.4 is 15.9 Å². The van der Waals surface area contributed by atoms with E-state index in [0.29, 0.717) is 0 Å². The molecule has 0 unspecified atom stereocenters. The topological polar surface area (TPSA) is 22.1 Å². The van der Waals surface area contributed by atoms with Crippen molar-refractivity contribution in [1.29, 1.82) is 0 Å². The van der Waals surface area contributed by atoms with Crippen molar-refractivity contribution < 1.29 is 4.43 Å². The van der Waals surface area contributed by atoms with Crippen LogP contribution in [0.4, 0.5) is 0 Å². The molecule has 0 radical (unpaired) electrons. The summed E-state index contributed by atoms with van der Waals surface area (Å²) in [5.41, 5.74) is 2.33. The van der Waals surface area contributed by atoms with Crippen molar-refractivity contribution in [2.24, 2.45) is 0 Å². The Kier molecular flexibility index (Phi) is 8.45. The minimum atomic E-state index is -2.37. The zero-order valence-corrected chi connectivity index (χ0v) is 27.5. The molecule has 1 aromatic heterocycles. The van der Waals surface area contributed by atoms with Gasteiger partial charge in [0.2, 0.25) is 0 Å². The summed E-state index contributed by atoms with van der Waals surface area (Å²) in [6.45, 7) is 13.8. The van der Waals surface area contributed by atoms with Crippen LogP contribution in [0.3, 0.4) is 0 Å². The molecular weight excluding hydrogens is 542 g/mol. The molecule has 0 spiro atoms. The maximum atomic E-state index is 7.28. The molecule has 0 saturated heterocycles. The maximum absolute atomic E-state index is 7.28. The standard InChI is InChI=1S/C35H42NOPSSi/c1-27-36-32-26-28(22-23-34(32)39-27)33(37-40(5,6)35(2,3)4)24-25-38(29-16-10-7-11-17-29,30-18-12-8-13-19-30)31-20-14-9-15-21-31/h7-23,26,33,38H,24-25H2,1-6H3/t33-/m0/s1. The first-order valence-corrected chi connectivity index (χ1v) is 20.2. The van der Waals surface area contributed by atoms with Gasteiger partial charge in [-0.05, 0) is 0 Å². The van der Waals surface area contributed by atoms with E-state index in [4.69, 9.17) is 9.41 Å². The summed E-state index contributed by atoms with van der Waals surface area (Å²) in [5.74, 6) is 0. The van der Waals surface area contributed by atoms with E-state index in [1.165, 1.54) is 26.2 Å². The summed E-state index contributed by atoms with van der Waals surface area (Å²) < 4.78 is 8.53. The van der Waals surface area contributed by atoms with Gasteiger partial charge in [0.15, 0.2) is 0 Å². The van der Waals surface area contributed by atoms with Crippen molar-refractivity contribution in [3.05, 3.63) is 120 Å². The molecule has 0 aliphatic rings. The van der Waals surface area contributed by atoms with Gasteiger partial charge in [-0.15, -0.1) is 0 Å². The number of hydrogen-bond acceptors (Lipinski definition) is 3. The van der Waals surface area contributed by atoms with Crippen LogP contribution in [0.5, 0.6) is 0 Å². The fourth-order valence-corrected chi connectivity index (χ4v) is 12.5. The van der Waals surface area contributed by atoms with Crippen LogP contribution in [0.2, 0.25) is 18.1 Å². The summed E-state index contributed by atoms with van der Waals surface area (Å²) in [4.78, 5) is 4.84. The molecule has 1 heterocycles. The van der Waals surface area contributed by atoms with Crippen molar-refractivity contribution in [1.82, 2.24) is 4.98 Å². The number of nitrogens with zero attached hydrogens (tertiary/aromatic N) is 1. The van der Waals surface area contributed by atoms with Gasteiger partial charge in [-0.2, -0.15) is 0 Å². The van der Waals surface area contributed by atoms with Crippen molar-refractivity contribution in [3.63, 3.8) is 0 Å². The summed E-state index contributed by atoms with van der Waals surface area (Å²) >= 11 is 1.76.